The number of ether oxygens (including phenoxy) is 2. The summed E-state index contributed by atoms with van der Waals surface area (Å²) in [4.78, 5) is 77.7. The minimum atomic E-state index is -0.999. The van der Waals surface area contributed by atoms with Crippen LogP contribution in [0.4, 0.5) is 21.5 Å². The molecule has 0 radical (unpaired) electrons. The molecule has 15 heteroatoms. The number of hydrogen-bond acceptors (Lipinski definition) is 11. The number of carbonyl (C=O) groups excluding carboxylic acids is 6. The van der Waals surface area contributed by atoms with E-state index in [-0.39, 0.29) is 81.9 Å². The van der Waals surface area contributed by atoms with Crippen molar-refractivity contribution < 1.29 is 52.8 Å². The molecule has 0 aliphatic heterocycles. The van der Waals surface area contributed by atoms with Gasteiger partial charge in [-0.1, -0.05) is 36.4 Å². The van der Waals surface area contributed by atoms with Crippen LogP contribution in [0, 0.1) is 23.1 Å². The van der Waals surface area contributed by atoms with Gasteiger partial charge in [-0.3, -0.25) is 28.8 Å². The molecule has 0 fully saturated rings. The maximum absolute atomic E-state index is 13.3. The van der Waals surface area contributed by atoms with E-state index in [1.54, 1.807) is 50.2 Å². The number of phenols is 2. The molecule has 5 N–H and O–H groups in total. The molecule has 0 saturated heterocycles. The van der Waals surface area contributed by atoms with Gasteiger partial charge in [-0.05, 0) is 104 Å². The summed E-state index contributed by atoms with van der Waals surface area (Å²) in [6, 6.07) is 25.2. The Labute approximate surface area is 362 Å². The van der Waals surface area contributed by atoms with E-state index in [0.717, 1.165) is 11.1 Å². The molecule has 0 aromatic heterocycles. The number of allylic oxidation sites excluding steroid dienone is 2. The Kier molecular flexibility index (Phi) is 14.9. The highest BCUT2D eigenvalue weighted by Gasteiger charge is 2.25. The van der Waals surface area contributed by atoms with Crippen molar-refractivity contribution in [2.75, 3.05) is 30.2 Å². The van der Waals surface area contributed by atoms with Crippen LogP contribution < -0.4 is 25.4 Å². The highest BCUT2D eigenvalue weighted by molar-refractivity contribution is 6.11. The number of benzene rings is 5. The summed E-state index contributed by atoms with van der Waals surface area (Å²) in [5.41, 5.74) is 3.15. The van der Waals surface area contributed by atoms with E-state index < -0.39 is 40.9 Å². The van der Waals surface area contributed by atoms with Crippen LogP contribution in [0.2, 0.25) is 0 Å². The zero-order valence-electron chi connectivity index (χ0n) is 34.9. The number of aromatic hydroxyl groups is 2. The summed E-state index contributed by atoms with van der Waals surface area (Å²) >= 11 is 0. The number of methoxy groups -OCH3 is 2. The molecular weight excluding hydrogens is 812 g/mol. The Hall–Kier alpha value is -8.12. The van der Waals surface area contributed by atoms with E-state index in [2.05, 4.69) is 16.0 Å². The molecule has 0 saturated carbocycles. The smallest absolute Gasteiger partial charge is 0.259 e. The average molecular weight is 855 g/mol. The van der Waals surface area contributed by atoms with Gasteiger partial charge in [-0.2, -0.15) is 5.26 Å². The highest BCUT2D eigenvalue weighted by atomic mass is 19.1. The quantitative estimate of drug-likeness (QED) is 0.0442. The number of Topliss-reactive ketones (excluding diaryl/α,β-unsaturated/α-hetero) is 3. The van der Waals surface area contributed by atoms with Crippen molar-refractivity contribution in [3.8, 4) is 29.1 Å². The fraction of sp³-hybridized carbons (Fsp3) is 0.188. The van der Waals surface area contributed by atoms with Gasteiger partial charge in [0.25, 0.3) is 11.8 Å². The van der Waals surface area contributed by atoms with Crippen molar-refractivity contribution in [3.63, 3.8) is 0 Å². The van der Waals surface area contributed by atoms with Gasteiger partial charge in [0, 0.05) is 36.1 Å². The SMILES string of the molecule is COc1c(NC(=O)c2ccc(NC(=O)c3ccc(NC(=O)[C@H](CC#N)CC(=O)c4ccc(CC(=O)/C(C)=C(\C)c5ccc(F)cc5)cc4)cc3)c(OC)c2O)ccc(C(C)=O)c1O. The van der Waals surface area contributed by atoms with E-state index in [9.17, 15) is 48.6 Å². The van der Waals surface area contributed by atoms with E-state index in [4.69, 9.17) is 9.47 Å². The van der Waals surface area contributed by atoms with Gasteiger partial charge in [-0.25, -0.2) is 4.39 Å². The maximum atomic E-state index is 13.3. The molecule has 0 heterocycles. The van der Waals surface area contributed by atoms with Crippen LogP contribution in [0.3, 0.4) is 0 Å². The van der Waals surface area contributed by atoms with Gasteiger partial charge in [-0.15, -0.1) is 0 Å². The van der Waals surface area contributed by atoms with Crippen LogP contribution in [-0.2, 0) is 16.0 Å². The van der Waals surface area contributed by atoms with Crippen molar-refractivity contribution in [1.82, 2.24) is 0 Å². The normalized spacial score (nSPS) is 11.6. The number of ketones is 3. The van der Waals surface area contributed by atoms with Crippen LogP contribution in [0.1, 0.15) is 86.2 Å². The minimum Gasteiger partial charge on any atom is -0.504 e. The lowest BCUT2D eigenvalue weighted by atomic mass is 9.93. The van der Waals surface area contributed by atoms with E-state index in [1.165, 1.54) is 81.8 Å². The third-order valence-corrected chi connectivity index (χ3v) is 10.2. The molecule has 0 aliphatic rings. The van der Waals surface area contributed by atoms with Gasteiger partial charge in [0.15, 0.2) is 40.3 Å². The average Bonchev–Trinajstić information content (AvgIpc) is 3.26. The molecule has 322 valence electrons. The summed E-state index contributed by atoms with van der Waals surface area (Å²) in [6.45, 7) is 4.75. The molecule has 14 nitrogen and oxygen atoms in total. The number of amides is 3. The topological polar surface area (TPSA) is 221 Å². The standard InChI is InChI=1S/C48H43FN4O10/c1-26(30-10-14-34(49)15-11-30)27(2)40(55)24-29-6-8-31(9-7-29)41(56)25-33(22-23-50)47(60)51-35-16-12-32(13-17-35)46(59)52-38-21-19-37(43(58)45(38)63-5)48(61)53-39-20-18-36(28(3)54)42(57)44(39)62-4/h6-21,33,57-58H,22,24-25H2,1-5H3,(H,51,60)(H,52,59)(H,53,61)/b27-26+/t33-/m1/s1. The highest BCUT2D eigenvalue weighted by Crippen LogP contribution is 2.41. The number of rotatable bonds is 17. The largest absolute Gasteiger partial charge is 0.504 e. The first-order valence-corrected chi connectivity index (χ1v) is 19.4. The molecule has 0 spiro atoms. The van der Waals surface area contributed by atoms with Crippen LogP contribution in [0.5, 0.6) is 23.0 Å². The Morgan fingerprint density at radius 1 is 0.667 bits per heavy atom. The van der Waals surface area contributed by atoms with Gasteiger partial charge in [0.05, 0.1) is 48.7 Å². The molecule has 0 aliphatic carbocycles. The number of nitrogens with one attached hydrogen (secondary N) is 3. The second-order valence-corrected chi connectivity index (χ2v) is 14.4. The first kappa shape index (κ1) is 46.0. The van der Waals surface area contributed by atoms with Crippen LogP contribution in [-0.4, -0.2) is 59.5 Å². The zero-order chi connectivity index (χ0) is 46.0. The Balaban J connectivity index is 1.19. The van der Waals surface area contributed by atoms with Crippen molar-refractivity contribution in [3.05, 3.63) is 142 Å². The Morgan fingerprint density at radius 2 is 1.19 bits per heavy atom. The monoisotopic (exact) mass is 854 g/mol. The van der Waals surface area contributed by atoms with Crippen molar-refractivity contribution in [1.29, 1.82) is 5.26 Å². The van der Waals surface area contributed by atoms with E-state index >= 15 is 0 Å². The second-order valence-electron chi connectivity index (χ2n) is 14.4. The Bertz CT molecular complexity index is 2670. The molecule has 0 bridgehead atoms. The van der Waals surface area contributed by atoms with Gasteiger partial charge in [0.2, 0.25) is 5.91 Å². The van der Waals surface area contributed by atoms with Gasteiger partial charge < -0.3 is 35.6 Å². The summed E-state index contributed by atoms with van der Waals surface area (Å²) in [5.74, 6) is -5.83. The number of nitriles is 1. The number of hydrogen-bond donors (Lipinski definition) is 5. The third-order valence-electron chi connectivity index (χ3n) is 10.2. The lowest BCUT2D eigenvalue weighted by molar-refractivity contribution is -0.119. The lowest BCUT2D eigenvalue weighted by Crippen LogP contribution is -2.25. The van der Waals surface area contributed by atoms with Crippen molar-refractivity contribution >= 4 is 57.7 Å². The number of anilines is 3. The van der Waals surface area contributed by atoms with E-state index in [1.807, 2.05) is 6.07 Å². The molecule has 5 aromatic carbocycles. The minimum absolute atomic E-state index is 0.0166. The number of halogens is 1. The number of phenolic OH excluding ortho intramolecular Hbond substituents is 2. The van der Waals surface area contributed by atoms with Crippen molar-refractivity contribution in [2.24, 2.45) is 5.92 Å². The summed E-state index contributed by atoms with van der Waals surface area (Å²) in [7, 11) is 2.46. The Morgan fingerprint density at radius 3 is 1.75 bits per heavy atom. The van der Waals surface area contributed by atoms with Gasteiger partial charge >= 0.3 is 0 Å². The number of nitrogens with zero attached hydrogens (tertiary/aromatic N) is 1. The van der Waals surface area contributed by atoms with Gasteiger partial charge in [0.1, 0.15) is 5.82 Å². The number of carbonyl (C=O) groups is 6. The maximum Gasteiger partial charge on any atom is 0.259 e. The molecule has 5 rings (SSSR count). The van der Waals surface area contributed by atoms with E-state index in [0.29, 0.717) is 16.7 Å². The predicted molar refractivity (Wildman–Crippen MR) is 233 cm³/mol. The second kappa shape index (κ2) is 20.4. The molecule has 63 heavy (non-hydrogen) atoms. The fourth-order valence-electron chi connectivity index (χ4n) is 6.51. The molecule has 0 unspecified atom stereocenters. The zero-order valence-corrected chi connectivity index (χ0v) is 34.9. The van der Waals surface area contributed by atoms with Crippen LogP contribution in [0.15, 0.2) is 103 Å². The fourth-order valence-corrected chi connectivity index (χ4v) is 6.51. The van der Waals surface area contributed by atoms with Crippen molar-refractivity contribution in [2.45, 2.75) is 40.0 Å². The molecule has 1 atom stereocenters. The third kappa shape index (κ3) is 11.0. The summed E-state index contributed by atoms with van der Waals surface area (Å²) in [6.07, 6.45) is -0.431. The van der Waals surface area contributed by atoms with Crippen LogP contribution >= 0.6 is 0 Å². The first-order chi connectivity index (χ1) is 30.1. The predicted octanol–water partition coefficient (Wildman–Crippen LogP) is 8.31. The summed E-state index contributed by atoms with van der Waals surface area (Å²) in [5, 5.41) is 38.7. The lowest BCUT2D eigenvalue weighted by Gasteiger charge is -2.16. The first-order valence-electron chi connectivity index (χ1n) is 19.4. The van der Waals surface area contributed by atoms with Crippen LogP contribution in [0.25, 0.3) is 5.57 Å². The molecule has 3 amide bonds. The molecule has 5 aromatic rings. The summed E-state index contributed by atoms with van der Waals surface area (Å²) < 4.78 is 23.8. The molecular formula is C48H43FN4O10.